The molecule has 0 unspecified atom stereocenters. The Labute approximate surface area is 181 Å². The molecule has 5 heteroatoms. The van der Waals surface area contributed by atoms with Crippen molar-refractivity contribution < 1.29 is 0 Å². The van der Waals surface area contributed by atoms with Crippen LogP contribution in [0.15, 0.2) is 54.9 Å². The van der Waals surface area contributed by atoms with Gasteiger partial charge in [-0.25, -0.2) is 14.5 Å². The second-order valence-corrected chi connectivity index (χ2v) is 8.93. The summed E-state index contributed by atoms with van der Waals surface area (Å²) in [6.07, 6.45) is 11.7. The summed E-state index contributed by atoms with van der Waals surface area (Å²) in [7, 11) is 0. The van der Waals surface area contributed by atoms with Crippen LogP contribution in [0.2, 0.25) is 0 Å². The van der Waals surface area contributed by atoms with E-state index in [2.05, 4.69) is 48.4 Å². The zero-order valence-corrected chi connectivity index (χ0v) is 17.5. The second kappa shape index (κ2) is 6.75. The number of aryl methyl sites for hydroxylation is 1. The third-order valence-electron chi connectivity index (χ3n) is 7.04. The molecule has 2 aliphatic rings. The van der Waals surface area contributed by atoms with E-state index < -0.39 is 0 Å². The van der Waals surface area contributed by atoms with Crippen LogP contribution >= 0.6 is 0 Å². The zero-order valence-electron chi connectivity index (χ0n) is 17.5. The van der Waals surface area contributed by atoms with Crippen LogP contribution in [-0.2, 0) is 5.41 Å². The van der Waals surface area contributed by atoms with E-state index >= 15 is 0 Å². The molecule has 0 amide bonds. The summed E-state index contributed by atoms with van der Waals surface area (Å²) in [5.74, 6) is 1.48. The molecule has 3 aromatic heterocycles. The fourth-order valence-corrected chi connectivity index (χ4v) is 4.96. The van der Waals surface area contributed by atoms with Gasteiger partial charge in [0.2, 0.25) is 0 Å². The van der Waals surface area contributed by atoms with E-state index in [1.807, 2.05) is 18.3 Å². The summed E-state index contributed by atoms with van der Waals surface area (Å²) in [6.45, 7) is 2.17. The molecule has 0 N–H and O–H groups in total. The average molecular weight is 406 g/mol. The molecule has 5 nitrogen and oxygen atoms in total. The summed E-state index contributed by atoms with van der Waals surface area (Å²) in [4.78, 5) is 13.9. The Balaban J connectivity index is 1.40. The Bertz CT molecular complexity index is 1330. The molecule has 152 valence electrons. The van der Waals surface area contributed by atoms with E-state index in [4.69, 9.17) is 9.97 Å². The van der Waals surface area contributed by atoms with Gasteiger partial charge in [0.05, 0.1) is 5.41 Å². The lowest BCUT2D eigenvalue weighted by Gasteiger charge is -2.41. The number of benzene rings is 1. The maximum atomic E-state index is 9.86. The first kappa shape index (κ1) is 18.3. The van der Waals surface area contributed by atoms with Gasteiger partial charge in [0.1, 0.15) is 11.3 Å². The van der Waals surface area contributed by atoms with Crippen molar-refractivity contribution in [2.75, 3.05) is 0 Å². The number of rotatable bonds is 4. The zero-order chi connectivity index (χ0) is 21.0. The summed E-state index contributed by atoms with van der Waals surface area (Å²) >= 11 is 0. The van der Waals surface area contributed by atoms with Gasteiger partial charge in [0.25, 0.3) is 0 Å². The number of pyridine rings is 2. The first-order chi connectivity index (χ1) is 15.2. The predicted molar refractivity (Wildman–Crippen MR) is 120 cm³/mol. The number of fused-ring (bicyclic) bond motifs is 1. The minimum Gasteiger partial charge on any atom is -0.260 e. The Morgan fingerprint density at radius 3 is 2.55 bits per heavy atom. The van der Waals surface area contributed by atoms with Crippen LogP contribution in [0.4, 0.5) is 0 Å². The molecular formula is C26H23N5. The Morgan fingerprint density at radius 1 is 1.10 bits per heavy atom. The summed E-state index contributed by atoms with van der Waals surface area (Å²) in [5, 5.41) is 9.86. The quantitative estimate of drug-likeness (QED) is 0.451. The van der Waals surface area contributed by atoms with Crippen LogP contribution in [-0.4, -0.2) is 19.5 Å². The van der Waals surface area contributed by atoms with Gasteiger partial charge in [-0.1, -0.05) is 30.7 Å². The lowest BCUT2D eigenvalue weighted by atomic mass is 9.63. The van der Waals surface area contributed by atoms with Gasteiger partial charge in [-0.05, 0) is 67.5 Å². The van der Waals surface area contributed by atoms with Crippen LogP contribution < -0.4 is 0 Å². The van der Waals surface area contributed by atoms with Crippen molar-refractivity contribution in [3.05, 3.63) is 77.5 Å². The van der Waals surface area contributed by atoms with Crippen LogP contribution in [0.1, 0.15) is 60.7 Å². The SMILES string of the molecule is Cc1cc(C2CC2)ncc1-c1ccc(C2(c3nc4ncccc4n3C#N)CCC2)cc1. The number of nitrogens with zero attached hydrogens (tertiary/aromatic N) is 5. The van der Waals surface area contributed by atoms with E-state index in [-0.39, 0.29) is 5.41 Å². The maximum Gasteiger partial charge on any atom is 0.190 e. The standard InChI is InChI=1S/C26H23N5/c1-17-14-22(19-5-6-19)29-15-21(17)18-7-9-20(10-8-18)26(11-3-12-26)25-30-24-23(31(25)16-27)4-2-13-28-24/h2,4,7-10,13-15,19H,3,5-6,11-12H2,1H3. The number of aromatic nitrogens is 4. The number of hydrogen-bond acceptors (Lipinski definition) is 4. The van der Waals surface area contributed by atoms with E-state index in [1.54, 1.807) is 10.8 Å². The highest BCUT2D eigenvalue weighted by Crippen LogP contribution is 2.49. The van der Waals surface area contributed by atoms with E-state index in [9.17, 15) is 5.26 Å². The fraction of sp³-hybridized carbons (Fsp3) is 0.308. The lowest BCUT2D eigenvalue weighted by Crippen LogP contribution is -2.38. The minimum absolute atomic E-state index is 0.224. The summed E-state index contributed by atoms with van der Waals surface area (Å²) in [6, 6.07) is 14.8. The molecular weight excluding hydrogens is 382 g/mol. The highest BCUT2D eigenvalue weighted by atomic mass is 15.1. The van der Waals surface area contributed by atoms with Crippen molar-refractivity contribution in [1.29, 1.82) is 5.26 Å². The lowest BCUT2D eigenvalue weighted by molar-refractivity contribution is 0.283. The van der Waals surface area contributed by atoms with Gasteiger partial charge in [0.15, 0.2) is 11.8 Å². The van der Waals surface area contributed by atoms with Crippen LogP contribution in [0.25, 0.3) is 22.3 Å². The van der Waals surface area contributed by atoms with Gasteiger partial charge in [-0.3, -0.25) is 4.98 Å². The molecule has 0 atom stereocenters. The minimum atomic E-state index is -0.224. The van der Waals surface area contributed by atoms with Crippen LogP contribution in [0, 0.1) is 18.4 Å². The Kier molecular flexibility index (Phi) is 3.97. The molecule has 2 aliphatic carbocycles. The van der Waals surface area contributed by atoms with Gasteiger partial charge < -0.3 is 0 Å². The normalized spacial score (nSPS) is 17.3. The van der Waals surface area contributed by atoms with Gasteiger partial charge in [0, 0.05) is 29.6 Å². The molecule has 2 fully saturated rings. The predicted octanol–water partition coefficient (Wildman–Crippen LogP) is 5.48. The number of imidazole rings is 1. The average Bonchev–Trinajstić information content (AvgIpc) is 3.55. The molecule has 0 aliphatic heterocycles. The van der Waals surface area contributed by atoms with Gasteiger partial charge in [-0.2, -0.15) is 5.26 Å². The molecule has 2 saturated carbocycles. The Hall–Kier alpha value is -3.52. The van der Waals surface area contributed by atoms with Gasteiger partial charge >= 0.3 is 0 Å². The molecule has 0 spiro atoms. The number of nitriles is 1. The van der Waals surface area contributed by atoms with Crippen molar-refractivity contribution in [3.8, 4) is 17.3 Å². The number of hydrogen-bond donors (Lipinski definition) is 0. The molecule has 0 bridgehead atoms. The molecule has 0 radical (unpaired) electrons. The third-order valence-corrected chi connectivity index (χ3v) is 7.04. The highest BCUT2D eigenvalue weighted by Gasteiger charge is 2.44. The van der Waals surface area contributed by atoms with Gasteiger partial charge in [-0.15, -0.1) is 0 Å². The van der Waals surface area contributed by atoms with Crippen molar-refractivity contribution in [1.82, 2.24) is 19.5 Å². The van der Waals surface area contributed by atoms with Crippen LogP contribution in [0.5, 0.6) is 0 Å². The molecule has 0 saturated heterocycles. The molecule has 4 aromatic rings. The van der Waals surface area contributed by atoms with Crippen LogP contribution in [0.3, 0.4) is 0 Å². The molecule has 1 aromatic carbocycles. The van der Waals surface area contributed by atoms with Crippen molar-refractivity contribution in [3.63, 3.8) is 0 Å². The topological polar surface area (TPSA) is 67.4 Å². The summed E-state index contributed by atoms with van der Waals surface area (Å²) in [5.41, 5.74) is 7.29. The maximum absolute atomic E-state index is 9.86. The smallest absolute Gasteiger partial charge is 0.190 e. The monoisotopic (exact) mass is 405 g/mol. The van der Waals surface area contributed by atoms with Crippen molar-refractivity contribution >= 4 is 11.2 Å². The summed E-state index contributed by atoms with van der Waals surface area (Å²) < 4.78 is 1.67. The molecule has 3 heterocycles. The molecule has 6 rings (SSSR count). The first-order valence-corrected chi connectivity index (χ1v) is 11.0. The van der Waals surface area contributed by atoms with Crippen molar-refractivity contribution in [2.45, 2.75) is 50.4 Å². The fourth-order valence-electron chi connectivity index (χ4n) is 4.96. The highest BCUT2D eigenvalue weighted by molar-refractivity contribution is 5.73. The first-order valence-electron chi connectivity index (χ1n) is 11.0. The van der Waals surface area contributed by atoms with E-state index in [0.29, 0.717) is 11.6 Å². The molecule has 31 heavy (non-hydrogen) atoms. The second-order valence-electron chi connectivity index (χ2n) is 8.93. The van der Waals surface area contributed by atoms with E-state index in [0.717, 1.165) is 30.6 Å². The third kappa shape index (κ3) is 2.79. The van der Waals surface area contributed by atoms with E-state index in [1.165, 1.54) is 40.8 Å². The van der Waals surface area contributed by atoms with Crippen molar-refractivity contribution in [2.24, 2.45) is 0 Å². The Morgan fingerprint density at radius 2 is 1.90 bits per heavy atom. The largest absolute Gasteiger partial charge is 0.260 e.